The molecule has 8 aromatic carbocycles. The summed E-state index contributed by atoms with van der Waals surface area (Å²) >= 11 is 0. The van der Waals surface area contributed by atoms with Gasteiger partial charge in [0.15, 0.2) is 19.7 Å². The van der Waals surface area contributed by atoms with Gasteiger partial charge in [-0.1, -0.05) is 170 Å². The third-order valence-electron chi connectivity index (χ3n) is 19.1. The first kappa shape index (κ1) is 93.9. The van der Waals surface area contributed by atoms with E-state index < -0.39 is 105 Å². The number of carbonyl (C=O) groups is 9. The van der Waals surface area contributed by atoms with Crippen molar-refractivity contribution in [3.8, 4) is 0 Å². The maximum absolute atomic E-state index is 13.2. The lowest BCUT2D eigenvalue weighted by atomic mass is 9.93. The number of ketones is 1. The molecule has 9 N–H and O–H groups in total. The zero-order valence-electron chi connectivity index (χ0n) is 69.7. The van der Waals surface area contributed by atoms with Crippen molar-refractivity contribution in [1.82, 2.24) is 47.3 Å². The summed E-state index contributed by atoms with van der Waals surface area (Å²) in [6, 6.07) is 51.9. The fourth-order valence-electron chi connectivity index (χ4n) is 13.2. The van der Waals surface area contributed by atoms with Crippen molar-refractivity contribution in [2.45, 2.75) is 231 Å². The van der Waals surface area contributed by atoms with E-state index in [9.17, 15) is 68.4 Å². The smallest absolute Gasteiger partial charge is 0.242 e. The van der Waals surface area contributed by atoms with E-state index in [-0.39, 0.29) is 115 Å². The molecule has 8 amide bonds. The first-order valence-electron chi connectivity index (χ1n) is 39.7. The maximum Gasteiger partial charge on any atom is 0.242 e. The maximum atomic E-state index is 13.2. The second-order valence-corrected chi connectivity index (χ2v) is 39.8. The van der Waals surface area contributed by atoms with Crippen molar-refractivity contribution in [2.24, 2.45) is 17.8 Å². The van der Waals surface area contributed by atoms with E-state index in [4.69, 9.17) is 0 Å². The molecule has 27 heteroatoms. The van der Waals surface area contributed by atoms with Crippen LogP contribution < -0.4 is 47.3 Å². The molecule has 6 atom stereocenters. The lowest BCUT2D eigenvalue weighted by molar-refractivity contribution is -0.131. The molecule has 117 heavy (non-hydrogen) atoms. The Balaban J connectivity index is 0.000000243. The fraction of sp³-hybridized carbons (Fsp3) is 0.433. The van der Waals surface area contributed by atoms with Gasteiger partial charge in [0.05, 0.1) is 32.5 Å². The van der Waals surface area contributed by atoms with Crippen LogP contribution in [0.3, 0.4) is 0 Å². The van der Waals surface area contributed by atoms with Crippen molar-refractivity contribution in [3.63, 3.8) is 0 Å². The minimum Gasteiger partial charge on any atom is -0.353 e. The van der Waals surface area contributed by atoms with Gasteiger partial charge in [0.1, 0.15) is 11.8 Å². The van der Waals surface area contributed by atoms with Gasteiger partial charge >= 0.3 is 0 Å². The van der Waals surface area contributed by atoms with Crippen molar-refractivity contribution in [1.29, 1.82) is 0 Å². The predicted octanol–water partition coefficient (Wildman–Crippen LogP) is 11.7. The number of aryl methyl sites for hydroxylation is 2. The van der Waals surface area contributed by atoms with Crippen molar-refractivity contribution in [2.75, 3.05) is 11.5 Å². The third-order valence-corrected chi connectivity index (χ3v) is 24.9. The monoisotopic (exact) mass is 1660 g/mol. The van der Waals surface area contributed by atoms with E-state index in [2.05, 4.69) is 47.3 Å². The van der Waals surface area contributed by atoms with Crippen molar-refractivity contribution < 1.29 is 68.4 Å². The highest BCUT2D eigenvalue weighted by atomic mass is 32.2. The van der Waals surface area contributed by atoms with Gasteiger partial charge < -0.3 is 42.5 Å². The largest absolute Gasteiger partial charge is 0.353 e. The van der Waals surface area contributed by atoms with Gasteiger partial charge in [0.2, 0.25) is 57.3 Å². The SMILES string of the molecule is C[C@@H](CC(=O)NCc1cccc2ccccc12)NC(=O)[C@H](CC(=O)NC(C)(C)C)CS(=O)(=O)C1CC1.Cc1ccc(S(=O)(=O)C[C@@H](CCC(=O)NC(C)(C)C)CC(=O)C[C@@H](C)C(=O)NCc2cccc3ccccc23)cc1.Cc1ccc(S(=O)(=O)N[C@H](CC(=O)N[C@@H](C)C(=O)NCc2cccc3ccccc23)CC(=O)NC(C)(C)C)cc1. The summed E-state index contributed by atoms with van der Waals surface area (Å²) in [5.41, 5.74) is 3.33. The molecule has 0 spiro atoms. The van der Waals surface area contributed by atoms with Crippen LogP contribution in [-0.2, 0) is 92.5 Å². The molecule has 1 aliphatic rings. The third kappa shape index (κ3) is 32.3. The Bertz CT molecular complexity index is 5150. The lowest BCUT2D eigenvalue weighted by Gasteiger charge is -2.24. The van der Waals surface area contributed by atoms with E-state index >= 15 is 0 Å². The zero-order chi connectivity index (χ0) is 86.2. The van der Waals surface area contributed by atoms with Gasteiger partial charge in [0, 0.05) is 99.2 Å². The van der Waals surface area contributed by atoms with Crippen molar-refractivity contribution >= 4 is 115 Å². The van der Waals surface area contributed by atoms with Crippen LogP contribution in [0.15, 0.2) is 186 Å². The number of sulfonamides is 1. The topological polar surface area (TPSA) is 364 Å². The zero-order valence-corrected chi connectivity index (χ0v) is 72.2. The van der Waals surface area contributed by atoms with Crippen molar-refractivity contribution in [3.05, 3.63) is 204 Å². The predicted molar refractivity (Wildman–Crippen MR) is 460 cm³/mol. The number of Topliss-reactive ketones (excluding diaryl/α,β-unsaturated/α-hetero) is 1. The van der Waals surface area contributed by atoms with Crippen LogP contribution in [0, 0.1) is 31.6 Å². The van der Waals surface area contributed by atoms with Gasteiger partial charge in [-0.2, -0.15) is 0 Å². The molecule has 0 radical (unpaired) electrons. The number of nitrogens with one attached hydrogen (secondary N) is 9. The number of sulfone groups is 2. The molecule has 630 valence electrons. The first-order chi connectivity index (χ1) is 54.8. The molecule has 0 bridgehead atoms. The molecule has 0 aromatic heterocycles. The number of benzene rings is 8. The Morgan fingerprint density at radius 2 is 0.829 bits per heavy atom. The number of carbonyl (C=O) groups excluding carboxylic acids is 9. The molecular weight excluding hydrogens is 1540 g/mol. The van der Waals surface area contributed by atoms with E-state index in [0.29, 0.717) is 25.9 Å². The Labute approximate surface area is 690 Å². The van der Waals surface area contributed by atoms with Gasteiger partial charge in [-0.3, -0.25) is 43.2 Å². The quantitative estimate of drug-likeness (QED) is 0.0178. The molecule has 1 saturated carbocycles. The summed E-state index contributed by atoms with van der Waals surface area (Å²) in [5, 5.41) is 28.5. The minimum absolute atomic E-state index is 0.00334. The minimum atomic E-state index is -4.00. The average molecular weight is 1660 g/mol. The lowest BCUT2D eigenvalue weighted by Crippen LogP contribution is -2.48. The normalized spacial score (nSPS) is 14.1. The molecule has 8 aromatic rings. The summed E-state index contributed by atoms with van der Waals surface area (Å²) < 4.78 is 80.0. The number of fused-ring (bicyclic) bond motifs is 3. The summed E-state index contributed by atoms with van der Waals surface area (Å²) in [6.07, 6.45) is 0.755. The van der Waals surface area contributed by atoms with Crippen LogP contribution in [0.25, 0.3) is 32.3 Å². The number of hydrogen-bond donors (Lipinski definition) is 9. The molecule has 9 rings (SSSR count). The molecule has 0 heterocycles. The molecule has 0 unspecified atom stereocenters. The number of rotatable bonds is 35. The summed E-state index contributed by atoms with van der Waals surface area (Å²) in [6.45, 7) is 26.2. The van der Waals surface area contributed by atoms with Gasteiger partial charge in [-0.15, -0.1) is 0 Å². The second-order valence-electron chi connectivity index (χ2n) is 33.7. The molecule has 24 nitrogen and oxygen atoms in total. The Hall–Kier alpha value is -10.2. The van der Waals surface area contributed by atoms with Crippen LogP contribution in [0.5, 0.6) is 0 Å². The van der Waals surface area contributed by atoms with E-state index in [0.717, 1.165) is 60.1 Å². The fourth-order valence-corrected chi connectivity index (χ4v) is 18.1. The van der Waals surface area contributed by atoms with E-state index in [1.165, 1.54) is 12.1 Å². The summed E-state index contributed by atoms with van der Waals surface area (Å²) in [5.74, 6) is -5.88. The van der Waals surface area contributed by atoms with Gasteiger partial charge in [-0.25, -0.2) is 30.0 Å². The number of hydrogen-bond acceptors (Lipinski definition) is 15. The van der Waals surface area contributed by atoms with Gasteiger partial charge in [-0.05, 0) is 188 Å². The molecule has 0 aliphatic heterocycles. The van der Waals surface area contributed by atoms with E-state index in [1.54, 1.807) is 57.2 Å². The standard InChI is InChI=1S/C33H42N2O5S.C30H38N4O5S.C27H37N3O5S/c1-23-13-16-29(17-14-23)41(39,40)22-25(15-18-31(37)35-33(3,4)5)20-28(36)19-24(2)32(38)34-21-27-11-8-10-26-9-6-7-12-30(26)27;1-20-13-15-25(16-14-20)40(38,39)34-24(18-28(36)33-30(3,4)5)17-27(35)32-21(2)29(37)31-19-23-11-8-10-22-9-6-7-12-26(22)23;1-18(14-24(31)28-16-20-10-7-9-19-8-5-6-11-23(19)20)29-26(33)21(15-25(32)30-27(2,3)4)17-36(34,35)22-12-13-22/h6-14,16-17,24-25H,15,18-22H2,1-5H3,(H,34,38)(H,35,37);6-16,21,24,34H,17-19H2,1-5H3,(H,31,37)(H,32,35)(H,33,36);5-11,18,21-22H,12-17H2,1-4H3,(H,28,31)(H,29,33)(H,30,32)/t24-,25+;21-,24+;18-,21+/m100/s1. The Morgan fingerprint density at radius 3 is 1.30 bits per heavy atom. The highest BCUT2D eigenvalue weighted by Crippen LogP contribution is 2.31. The van der Waals surface area contributed by atoms with Crippen LogP contribution >= 0.6 is 0 Å². The Kier molecular flexibility index (Phi) is 33.9. The van der Waals surface area contributed by atoms with Crippen LogP contribution in [-0.4, -0.2) is 130 Å². The molecule has 1 fully saturated rings. The average Bonchev–Trinajstić information content (AvgIpc) is 1.78. The first-order valence-corrected chi connectivity index (χ1v) is 44.5. The molecule has 0 saturated heterocycles. The number of amides is 8. The molecule has 1 aliphatic carbocycles. The highest BCUT2D eigenvalue weighted by molar-refractivity contribution is 7.92. The van der Waals surface area contributed by atoms with E-state index in [1.807, 2.05) is 204 Å². The molecular formula is C90H117N9O15S3. The summed E-state index contributed by atoms with van der Waals surface area (Å²) in [4.78, 5) is 115. The highest BCUT2D eigenvalue weighted by Gasteiger charge is 2.40. The summed E-state index contributed by atoms with van der Waals surface area (Å²) in [7, 11) is -11.1. The van der Waals surface area contributed by atoms with Crippen LogP contribution in [0.4, 0.5) is 0 Å². The second kappa shape index (κ2) is 42.3. The van der Waals surface area contributed by atoms with Crippen LogP contribution in [0.1, 0.15) is 175 Å². The Morgan fingerprint density at radius 1 is 0.410 bits per heavy atom. The van der Waals surface area contributed by atoms with Crippen LogP contribution in [0.2, 0.25) is 0 Å². The van der Waals surface area contributed by atoms with Gasteiger partial charge in [0.25, 0.3) is 0 Å².